The molecule has 0 bridgehead atoms. The molecule has 4 nitrogen and oxygen atoms in total. The third-order valence-electron chi connectivity index (χ3n) is 3.87. The first kappa shape index (κ1) is 14.4. The lowest BCUT2D eigenvalue weighted by molar-refractivity contribution is 0.0895. The number of hydrogen-bond acceptors (Lipinski definition) is 2. The Balaban J connectivity index is 1.97. The zero-order valence-corrected chi connectivity index (χ0v) is 11.7. The van der Waals surface area contributed by atoms with Gasteiger partial charge in [-0.2, -0.15) is 0 Å². The Labute approximate surface area is 118 Å². The third-order valence-corrected chi connectivity index (χ3v) is 4.09. The van der Waals surface area contributed by atoms with Gasteiger partial charge >= 0.3 is 0 Å². The molecular weight excluding hydrogens is 264 g/mol. The number of rotatable bonds is 5. The predicted octanol–water partition coefficient (Wildman–Crippen LogP) is 2.73. The molecule has 2 rings (SSSR count). The number of nitrogens with one attached hydrogen (secondary N) is 2. The van der Waals surface area contributed by atoms with Crippen molar-refractivity contribution in [2.24, 2.45) is 5.92 Å². The molecule has 0 aromatic carbocycles. The van der Waals surface area contributed by atoms with Crippen molar-refractivity contribution in [3.63, 3.8) is 0 Å². The number of H-pyrrole nitrogens is 1. The van der Waals surface area contributed by atoms with Crippen molar-refractivity contribution in [2.45, 2.75) is 44.6 Å². The van der Waals surface area contributed by atoms with Gasteiger partial charge in [0, 0.05) is 18.8 Å². The molecule has 106 valence electrons. The smallest absolute Gasteiger partial charge is 0.267 e. The molecule has 1 unspecified atom stereocenters. The molecule has 0 saturated heterocycles. The first-order valence-corrected chi connectivity index (χ1v) is 7.34. The van der Waals surface area contributed by atoms with Gasteiger partial charge in [0.1, 0.15) is 5.69 Å². The average Bonchev–Trinajstić information content (AvgIpc) is 2.86. The predicted molar refractivity (Wildman–Crippen MR) is 75.3 cm³/mol. The van der Waals surface area contributed by atoms with E-state index < -0.39 is 0 Å². The Kier molecular flexibility index (Phi) is 5.28. The summed E-state index contributed by atoms with van der Waals surface area (Å²) in [6.45, 7) is 0.104. The van der Waals surface area contributed by atoms with E-state index >= 15 is 0 Å². The van der Waals surface area contributed by atoms with Crippen LogP contribution in [-0.4, -0.2) is 28.6 Å². The zero-order chi connectivity index (χ0) is 13.7. The van der Waals surface area contributed by atoms with E-state index in [1.165, 1.54) is 19.3 Å². The fourth-order valence-corrected chi connectivity index (χ4v) is 3.01. The number of amides is 1. The summed E-state index contributed by atoms with van der Waals surface area (Å²) in [5.74, 6) is 0.339. The molecule has 1 aromatic heterocycles. The molecule has 1 aliphatic carbocycles. The van der Waals surface area contributed by atoms with Crippen LogP contribution in [0.3, 0.4) is 0 Å². The maximum absolute atomic E-state index is 12.1. The molecule has 5 heteroatoms. The number of halogens is 1. The van der Waals surface area contributed by atoms with Crippen LogP contribution in [0.2, 0.25) is 5.02 Å². The molecule has 19 heavy (non-hydrogen) atoms. The molecular formula is C14H21ClN2O2. The fraction of sp³-hybridized carbons (Fsp3) is 0.643. The maximum atomic E-state index is 12.1. The van der Waals surface area contributed by atoms with E-state index in [1.807, 2.05) is 0 Å². The van der Waals surface area contributed by atoms with Crippen LogP contribution < -0.4 is 5.32 Å². The van der Waals surface area contributed by atoms with Crippen LogP contribution in [0.4, 0.5) is 0 Å². The van der Waals surface area contributed by atoms with Crippen molar-refractivity contribution in [3.8, 4) is 0 Å². The number of carbonyl (C=O) groups is 1. The molecule has 3 N–H and O–H groups in total. The van der Waals surface area contributed by atoms with Crippen molar-refractivity contribution in [3.05, 3.63) is 23.0 Å². The van der Waals surface area contributed by atoms with Gasteiger partial charge in [-0.15, -0.1) is 0 Å². The molecule has 1 atom stereocenters. The van der Waals surface area contributed by atoms with Crippen LogP contribution >= 0.6 is 11.6 Å². The van der Waals surface area contributed by atoms with Gasteiger partial charge in [0.15, 0.2) is 0 Å². The van der Waals surface area contributed by atoms with E-state index in [4.69, 9.17) is 11.6 Å². The summed E-state index contributed by atoms with van der Waals surface area (Å²) in [5, 5.41) is 12.7. The molecule has 1 aromatic rings. The van der Waals surface area contributed by atoms with Gasteiger partial charge in [-0.1, -0.05) is 30.9 Å². The second-order valence-corrected chi connectivity index (χ2v) is 5.66. The molecule has 1 fully saturated rings. The monoisotopic (exact) mass is 284 g/mol. The van der Waals surface area contributed by atoms with Crippen molar-refractivity contribution >= 4 is 17.5 Å². The summed E-state index contributed by atoms with van der Waals surface area (Å²) in [5.41, 5.74) is 0.476. The Morgan fingerprint density at radius 3 is 2.79 bits per heavy atom. The molecule has 1 heterocycles. The first-order valence-electron chi connectivity index (χ1n) is 6.96. The largest absolute Gasteiger partial charge is 0.396 e. The number of aliphatic hydroxyl groups is 1. The topological polar surface area (TPSA) is 65.1 Å². The molecule has 0 radical (unpaired) electrons. The Morgan fingerprint density at radius 1 is 1.47 bits per heavy atom. The van der Waals surface area contributed by atoms with Gasteiger partial charge in [-0.25, -0.2) is 0 Å². The molecule has 1 aliphatic rings. The summed E-state index contributed by atoms with van der Waals surface area (Å²) < 4.78 is 0. The van der Waals surface area contributed by atoms with Crippen LogP contribution in [0, 0.1) is 5.92 Å². The third kappa shape index (κ3) is 3.98. The van der Waals surface area contributed by atoms with Crippen LogP contribution in [0.5, 0.6) is 0 Å². The summed E-state index contributed by atoms with van der Waals surface area (Å²) >= 11 is 5.80. The summed E-state index contributed by atoms with van der Waals surface area (Å²) in [6.07, 6.45) is 8.20. The number of aliphatic hydroxyl groups excluding tert-OH is 1. The molecule has 0 spiro atoms. The lowest BCUT2D eigenvalue weighted by atomic mass is 9.82. The summed E-state index contributed by atoms with van der Waals surface area (Å²) in [7, 11) is 0. The Hall–Kier alpha value is -1.00. The minimum absolute atomic E-state index is 0.0554. The second-order valence-electron chi connectivity index (χ2n) is 5.22. The van der Waals surface area contributed by atoms with Crippen LogP contribution in [0.1, 0.15) is 49.0 Å². The summed E-state index contributed by atoms with van der Waals surface area (Å²) in [4.78, 5) is 15.0. The highest BCUT2D eigenvalue weighted by atomic mass is 35.5. The van der Waals surface area contributed by atoms with Crippen LogP contribution in [-0.2, 0) is 0 Å². The number of aromatic amines is 1. The van der Waals surface area contributed by atoms with Crippen LogP contribution in [0.15, 0.2) is 12.3 Å². The maximum Gasteiger partial charge on any atom is 0.267 e. The Bertz CT molecular complexity index is 413. The minimum Gasteiger partial charge on any atom is -0.396 e. The van der Waals surface area contributed by atoms with Gasteiger partial charge in [0.25, 0.3) is 5.91 Å². The number of carbonyl (C=O) groups excluding carboxylic acids is 1. The first-order chi connectivity index (χ1) is 9.20. The van der Waals surface area contributed by atoms with E-state index in [2.05, 4.69) is 10.3 Å². The van der Waals surface area contributed by atoms with Gasteiger partial charge in [0.05, 0.1) is 5.02 Å². The highest BCUT2D eigenvalue weighted by Gasteiger charge is 2.25. The van der Waals surface area contributed by atoms with Gasteiger partial charge < -0.3 is 15.4 Å². The standard InChI is InChI=1S/C14H21ClN2O2/c15-11-8-13(16-9-11)14(19)17-12(6-7-18)10-4-2-1-3-5-10/h8-10,12,16,18H,1-7H2,(H,17,19). The van der Waals surface area contributed by atoms with Gasteiger partial charge in [-0.05, 0) is 31.2 Å². The van der Waals surface area contributed by atoms with E-state index in [9.17, 15) is 9.90 Å². The molecule has 0 aliphatic heterocycles. The van der Waals surface area contributed by atoms with E-state index in [1.54, 1.807) is 12.3 Å². The Morgan fingerprint density at radius 2 is 2.21 bits per heavy atom. The average molecular weight is 285 g/mol. The molecule has 1 saturated carbocycles. The zero-order valence-electron chi connectivity index (χ0n) is 11.0. The minimum atomic E-state index is -0.143. The van der Waals surface area contributed by atoms with Gasteiger partial charge in [0.2, 0.25) is 0 Å². The highest BCUT2D eigenvalue weighted by Crippen LogP contribution is 2.28. The van der Waals surface area contributed by atoms with E-state index in [0.29, 0.717) is 23.1 Å². The van der Waals surface area contributed by atoms with Gasteiger partial charge in [-0.3, -0.25) is 4.79 Å². The number of hydrogen-bond donors (Lipinski definition) is 3. The van der Waals surface area contributed by atoms with Crippen molar-refractivity contribution in [1.82, 2.24) is 10.3 Å². The molecule has 1 amide bonds. The second kappa shape index (κ2) is 6.96. The lowest BCUT2D eigenvalue weighted by Crippen LogP contribution is -2.41. The van der Waals surface area contributed by atoms with Crippen molar-refractivity contribution < 1.29 is 9.90 Å². The lowest BCUT2D eigenvalue weighted by Gasteiger charge is -2.30. The quantitative estimate of drug-likeness (QED) is 0.778. The van der Waals surface area contributed by atoms with Crippen molar-refractivity contribution in [2.75, 3.05) is 6.61 Å². The van der Waals surface area contributed by atoms with E-state index in [0.717, 1.165) is 12.8 Å². The van der Waals surface area contributed by atoms with Crippen LogP contribution in [0.25, 0.3) is 0 Å². The SMILES string of the molecule is O=C(NC(CCO)C1CCCCC1)c1cc(Cl)c[nH]1. The highest BCUT2D eigenvalue weighted by molar-refractivity contribution is 6.30. The normalized spacial score (nSPS) is 18.2. The summed E-state index contributed by atoms with van der Waals surface area (Å²) in [6, 6.07) is 1.67. The number of aromatic nitrogens is 1. The van der Waals surface area contributed by atoms with Crippen molar-refractivity contribution in [1.29, 1.82) is 0 Å². The fourth-order valence-electron chi connectivity index (χ4n) is 2.85. The van der Waals surface area contributed by atoms with E-state index in [-0.39, 0.29) is 18.6 Å².